The van der Waals surface area contributed by atoms with Gasteiger partial charge in [-0.05, 0) is 53.6 Å². The standard InChI is InChI=1S/C29H25ClN4O5/c1-2-39-29(38)34(18-22-7-5-6-14-31-22)27(36)16-19-10-11-21(24-9-4-3-8-23(19)24)17-32-33-28(37)20-12-13-26(35)25(30)15-20/h3-15,17,35H,2,16,18H2,1H3,(H,33,37). The minimum atomic E-state index is -0.730. The Balaban J connectivity index is 1.54. The highest BCUT2D eigenvalue weighted by molar-refractivity contribution is 6.32. The number of nitrogens with zero attached hydrogens (tertiary/aromatic N) is 3. The molecule has 0 bridgehead atoms. The van der Waals surface area contributed by atoms with Crippen LogP contribution in [0.25, 0.3) is 10.8 Å². The van der Waals surface area contributed by atoms with Gasteiger partial charge in [-0.15, -0.1) is 0 Å². The molecule has 2 N–H and O–H groups in total. The van der Waals surface area contributed by atoms with Gasteiger partial charge in [0.25, 0.3) is 5.91 Å². The molecule has 0 spiro atoms. The molecule has 9 nitrogen and oxygen atoms in total. The van der Waals surface area contributed by atoms with Crippen molar-refractivity contribution in [3.05, 3.63) is 106 Å². The van der Waals surface area contributed by atoms with Crippen LogP contribution in [0.4, 0.5) is 4.79 Å². The Morgan fingerprint density at radius 3 is 2.54 bits per heavy atom. The number of rotatable bonds is 8. The lowest BCUT2D eigenvalue weighted by molar-refractivity contribution is -0.129. The van der Waals surface area contributed by atoms with Crippen LogP contribution in [0.3, 0.4) is 0 Å². The molecule has 0 saturated heterocycles. The van der Waals surface area contributed by atoms with Crippen LogP contribution in [-0.4, -0.2) is 45.7 Å². The normalized spacial score (nSPS) is 10.9. The first kappa shape index (κ1) is 27.3. The number of phenolic OH excluding ortho intramolecular Hbond substituents is 1. The fraction of sp³-hybridized carbons (Fsp3) is 0.138. The number of pyridine rings is 1. The summed E-state index contributed by atoms with van der Waals surface area (Å²) < 4.78 is 5.12. The van der Waals surface area contributed by atoms with E-state index in [1.165, 1.54) is 24.4 Å². The number of aromatic nitrogens is 1. The molecule has 1 heterocycles. The second-order valence-corrected chi connectivity index (χ2v) is 8.81. The van der Waals surface area contributed by atoms with Crippen LogP contribution in [0.5, 0.6) is 5.75 Å². The van der Waals surface area contributed by atoms with E-state index in [0.29, 0.717) is 16.8 Å². The second-order valence-electron chi connectivity index (χ2n) is 8.40. The van der Waals surface area contributed by atoms with Gasteiger partial charge in [0.05, 0.1) is 36.5 Å². The molecule has 0 aliphatic heterocycles. The van der Waals surface area contributed by atoms with E-state index in [-0.39, 0.29) is 35.9 Å². The summed E-state index contributed by atoms with van der Waals surface area (Å²) in [5, 5.41) is 15.3. The zero-order chi connectivity index (χ0) is 27.8. The predicted molar refractivity (Wildman–Crippen MR) is 148 cm³/mol. The van der Waals surface area contributed by atoms with Crippen LogP contribution in [0.1, 0.15) is 34.1 Å². The van der Waals surface area contributed by atoms with Crippen LogP contribution < -0.4 is 5.43 Å². The molecule has 0 fully saturated rings. The van der Waals surface area contributed by atoms with Gasteiger partial charge in [-0.1, -0.05) is 54.1 Å². The zero-order valence-electron chi connectivity index (χ0n) is 21.0. The van der Waals surface area contributed by atoms with Gasteiger partial charge in [0.15, 0.2) is 0 Å². The Bertz CT molecular complexity index is 1540. The molecule has 0 unspecified atom stereocenters. The largest absolute Gasteiger partial charge is 0.506 e. The third-order valence-electron chi connectivity index (χ3n) is 5.80. The van der Waals surface area contributed by atoms with Crippen molar-refractivity contribution in [2.45, 2.75) is 19.9 Å². The number of fused-ring (bicyclic) bond motifs is 1. The molecular formula is C29H25ClN4O5. The minimum Gasteiger partial charge on any atom is -0.506 e. The van der Waals surface area contributed by atoms with Crippen molar-refractivity contribution in [1.29, 1.82) is 0 Å². The number of hydrogen-bond acceptors (Lipinski definition) is 7. The van der Waals surface area contributed by atoms with Gasteiger partial charge in [0.1, 0.15) is 5.75 Å². The van der Waals surface area contributed by atoms with E-state index in [1.807, 2.05) is 24.3 Å². The van der Waals surface area contributed by atoms with Crippen LogP contribution in [0.2, 0.25) is 5.02 Å². The summed E-state index contributed by atoms with van der Waals surface area (Å²) in [6, 6.07) is 20.4. The van der Waals surface area contributed by atoms with Gasteiger partial charge < -0.3 is 9.84 Å². The molecule has 3 amide bonds. The van der Waals surface area contributed by atoms with Crippen molar-refractivity contribution in [3.8, 4) is 5.75 Å². The summed E-state index contributed by atoms with van der Waals surface area (Å²) in [4.78, 5) is 43.5. The predicted octanol–water partition coefficient (Wildman–Crippen LogP) is 5.09. The number of ether oxygens (including phenoxy) is 1. The molecule has 0 saturated carbocycles. The Morgan fingerprint density at radius 2 is 1.82 bits per heavy atom. The average Bonchev–Trinajstić information content (AvgIpc) is 2.94. The van der Waals surface area contributed by atoms with Gasteiger partial charge in [0.2, 0.25) is 5.91 Å². The van der Waals surface area contributed by atoms with E-state index >= 15 is 0 Å². The van der Waals surface area contributed by atoms with Crippen LogP contribution in [0, 0.1) is 0 Å². The highest BCUT2D eigenvalue weighted by atomic mass is 35.5. The second kappa shape index (κ2) is 12.7. The van der Waals surface area contributed by atoms with Gasteiger partial charge in [0, 0.05) is 17.3 Å². The van der Waals surface area contributed by atoms with E-state index < -0.39 is 17.9 Å². The van der Waals surface area contributed by atoms with Crippen molar-refractivity contribution in [1.82, 2.24) is 15.3 Å². The SMILES string of the molecule is CCOC(=O)N(Cc1ccccn1)C(=O)Cc1ccc(C=NNC(=O)c2ccc(O)c(Cl)c2)c2ccccc12. The van der Waals surface area contributed by atoms with Crippen LogP contribution in [-0.2, 0) is 22.5 Å². The Morgan fingerprint density at radius 1 is 1.05 bits per heavy atom. The molecule has 4 aromatic rings. The molecule has 0 radical (unpaired) electrons. The van der Waals surface area contributed by atoms with Gasteiger partial charge >= 0.3 is 6.09 Å². The third-order valence-corrected chi connectivity index (χ3v) is 6.11. The summed E-state index contributed by atoms with van der Waals surface area (Å²) >= 11 is 5.87. The van der Waals surface area contributed by atoms with E-state index in [4.69, 9.17) is 16.3 Å². The number of imide groups is 1. The zero-order valence-corrected chi connectivity index (χ0v) is 21.8. The maximum Gasteiger partial charge on any atom is 0.416 e. The number of halogens is 1. The van der Waals surface area contributed by atoms with Crippen LogP contribution in [0.15, 0.2) is 84.1 Å². The lowest BCUT2D eigenvalue weighted by Gasteiger charge is -2.20. The third kappa shape index (κ3) is 6.77. The first-order valence-electron chi connectivity index (χ1n) is 12.1. The Labute approximate surface area is 229 Å². The average molecular weight is 545 g/mol. The van der Waals surface area contributed by atoms with Gasteiger partial charge in [-0.2, -0.15) is 5.10 Å². The molecule has 3 aromatic carbocycles. The highest BCUT2D eigenvalue weighted by Crippen LogP contribution is 2.25. The molecule has 0 aliphatic carbocycles. The van der Waals surface area contributed by atoms with Crippen LogP contribution >= 0.6 is 11.6 Å². The molecule has 0 atom stereocenters. The van der Waals surface area contributed by atoms with Crippen molar-refractivity contribution in [2.24, 2.45) is 5.10 Å². The van der Waals surface area contributed by atoms with Crippen molar-refractivity contribution < 1.29 is 24.2 Å². The summed E-state index contributed by atoms with van der Waals surface area (Å²) in [6.07, 6.45) is 2.33. The summed E-state index contributed by atoms with van der Waals surface area (Å²) in [5.74, 6) is -1.04. The smallest absolute Gasteiger partial charge is 0.416 e. The highest BCUT2D eigenvalue weighted by Gasteiger charge is 2.24. The summed E-state index contributed by atoms with van der Waals surface area (Å²) in [5.41, 5.74) is 4.67. The number of hydrazone groups is 1. The maximum absolute atomic E-state index is 13.3. The lowest BCUT2D eigenvalue weighted by atomic mass is 9.98. The lowest BCUT2D eigenvalue weighted by Crippen LogP contribution is -2.38. The number of hydrogen-bond donors (Lipinski definition) is 2. The topological polar surface area (TPSA) is 121 Å². The van der Waals surface area contributed by atoms with Crippen molar-refractivity contribution >= 4 is 46.5 Å². The monoisotopic (exact) mass is 544 g/mol. The number of aromatic hydroxyl groups is 1. The molecule has 1 aromatic heterocycles. The molecule has 10 heteroatoms. The first-order chi connectivity index (χ1) is 18.9. The number of phenols is 1. The van der Waals surface area contributed by atoms with Gasteiger partial charge in [-0.3, -0.25) is 14.6 Å². The molecule has 198 valence electrons. The summed E-state index contributed by atoms with van der Waals surface area (Å²) in [7, 11) is 0. The number of benzene rings is 3. The quantitative estimate of drug-likeness (QED) is 0.235. The van der Waals surface area contributed by atoms with E-state index in [1.54, 1.807) is 43.5 Å². The number of nitrogens with one attached hydrogen (secondary N) is 1. The number of amides is 3. The molecule has 0 aliphatic rings. The Hall–Kier alpha value is -4.76. The van der Waals surface area contributed by atoms with E-state index in [2.05, 4.69) is 15.5 Å². The van der Waals surface area contributed by atoms with Crippen molar-refractivity contribution in [2.75, 3.05) is 6.61 Å². The fourth-order valence-electron chi connectivity index (χ4n) is 3.89. The minimum absolute atomic E-state index is 0.00682. The number of carbonyl (C=O) groups is 3. The first-order valence-corrected chi connectivity index (χ1v) is 12.4. The fourth-order valence-corrected chi connectivity index (χ4v) is 4.07. The van der Waals surface area contributed by atoms with E-state index in [0.717, 1.165) is 15.7 Å². The van der Waals surface area contributed by atoms with Gasteiger partial charge in [-0.25, -0.2) is 15.1 Å². The molecule has 39 heavy (non-hydrogen) atoms. The molecule has 4 rings (SSSR count). The van der Waals surface area contributed by atoms with Crippen molar-refractivity contribution in [3.63, 3.8) is 0 Å². The van der Waals surface area contributed by atoms with E-state index in [9.17, 15) is 19.5 Å². The maximum atomic E-state index is 13.3. The Kier molecular flexibility index (Phi) is 8.86. The summed E-state index contributed by atoms with van der Waals surface area (Å²) in [6.45, 7) is 1.81. The number of carbonyl (C=O) groups excluding carboxylic acids is 3. The molecular weight excluding hydrogens is 520 g/mol.